The molecule has 0 aliphatic carbocycles. The first-order chi connectivity index (χ1) is 9.61. The van der Waals surface area contributed by atoms with Crippen LogP contribution in [-0.2, 0) is 0 Å². The lowest BCUT2D eigenvalue weighted by Crippen LogP contribution is -2.21. The zero-order chi connectivity index (χ0) is 14.5. The molecule has 0 aliphatic heterocycles. The fourth-order valence-electron chi connectivity index (χ4n) is 2.13. The van der Waals surface area contributed by atoms with Crippen LogP contribution in [0.3, 0.4) is 0 Å². The molecule has 0 saturated carbocycles. The monoisotopic (exact) mass is 289 g/mol. The molecule has 0 bridgehead atoms. The molecule has 0 fully saturated rings. The molecule has 1 aromatic heterocycles. The largest absolute Gasteiger partial charge is 0.370 e. The highest BCUT2D eigenvalue weighted by molar-refractivity contribution is 6.30. The van der Waals surface area contributed by atoms with Gasteiger partial charge in [-0.05, 0) is 37.6 Å². The summed E-state index contributed by atoms with van der Waals surface area (Å²) in [6, 6.07) is 12.3. The Morgan fingerprint density at radius 1 is 1.30 bits per heavy atom. The van der Waals surface area contributed by atoms with E-state index in [2.05, 4.69) is 48.2 Å². The fraction of sp³-hybridized carbons (Fsp3) is 0.312. The van der Waals surface area contributed by atoms with E-state index in [1.165, 1.54) is 5.56 Å². The third-order valence-electron chi connectivity index (χ3n) is 3.42. The van der Waals surface area contributed by atoms with Gasteiger partial charge in [0.2, 0.25) is 0 Å². The van der Waals surface area contributed by atoms with Crippen LogP contribution in [0.4, 0.5) is 11.5 Å². The van der Waals surface area contributed by atoms with E-state index in [9.17, 15) is 0 Å². The van der Waals surface area contributed by atoms with Gasteiger partial charge in [-0.2, -0.15) is 0 Å². The van der Waals surface area contributed by atoms with Crippen LogP contribution in [-0.4, -0.2) is 18.6 Å². The van der Waals surface area contributed by atoms with Crippen LogP contribution in [0.1, 0.15) is 25.5 Å². The van der Waals surface area contributed by atoms with E-state index < -0.39 is 0 Å². The molecule has 1 atom stereocenters. The van der Waals surface area contributed by atoms with Gasteiger partial charge in [-0.3, -0.25) is 0 Å². The van der Waals surface area contributed by atoms with Gasteiger partial charge < -0.3 is 10.2 Å². The van der Waals surface area contributed by atoms with E-state index >= 15 is 0 Å². The van der Waals surface area contributed by atoms with Gasteiger partial charge in [0.25, 0.3) is 0 Å². The highest BCUT2D eigenvalue weighted by Gasteiger charge is 2.13. The predicted octanol–water partition coefficient (Wildman–Crippen LogP) is 4.36. The van der Waals surface area contributed by atoms with Crippen molar-refractivity contribution in [2.75, 3.05) is 23.8 Å². The molecule has 2 rings (SSSR count). The fourth-order valence-corrected chi connectivity index (χ4v) is 2.33. The lowest BCUT2D eigenvalue weighted by molar-refractivity contribution is 0.739. The van der Waals surface area contributed by atoms with E-state index in [1.54, 1.807) is 0 Å². The first-order valence-electron chi connectivity index (χ1n) is 6.80. The van der Waals surface area contributed by atoms with Crippen molar-refractivity contribution in [2.24, 2.45) is 0 Å². The van der Waals surface area contributed by atoms with Crippen molar-refractivity contribution in [1.29, 1.82) is 0 Å². The minimum absolute atomic E-state index is 0.241. The summed E-state index contributed by atoms with van der Waals surface area (Å²) in [6.07, 6.45) is 1.83. The van der Waals surface area contributed by atoms with E-state index in [-0.39, 0.29) is 6.04 Å². The second-order valence-electron chi connectivity index (χ2n) is 4.77. The Bertz CT molecular complexity index is 571. The third kappa shape index (κ3) is 3.42. The number of aromatic nitrogens is 1. The second kappa shape index (κ2) is 6.62. The van der Waals surface area contributed by atoms with Crippen LogP contribution in [0.2, 0.25) is 5.02 Å². The SMILES string of the molecule is CCNc1cc(N(C)C(C)c2cccc(Cl)c2)ccn1. The summed E-state index contributed by atoms with van der Waals surface area (Å²) >= 11 is 6.07. The number of hydrogen-bond donors (Lipinski definition) is 1. The standard InChI is InChI=1S/C16H20ClN3/c1-4-18-16-11-15(8-9-19-16)20(3)12(2)13-6-5-7-14(17)10-13/h5-12H,4H2,1-3H3,(H,18,19). The summed E-state index contributed by atoms with van der Waals surface area (Å²) in [5.41, 5.74) is 2.32. The summed E-state index contributed by atoms with van der Waals surface area (Å²) in [4.78, 5) is 6.52. The van der Waals surface area contributed by atoms with Gasteiger partial charge in [0.15, 0.2) is 0 Å². The van der Waals surface area contributed by atoms with Gasteiger partial charge in [-0.15, -0.1) is 0 Å². The molecule has 0 amide bonds. The zero-order valence-corrected chi connectivity index (χ0v) is 12.9. The van der Waals surface area contributed by atoms with Crippen molar-refractivity contribution >= 4 is 23.1 Å². The molecular weight excluding hydrogens is 270 g/mol. The Kier molecular flexibility index (Phi) is 4.85. The number of pyridine rings is 1. The molecule has 20 heavy (non-hydrogen) atoms. The topological polar surface area (TPSA) is 28.2 Å². The number of rotatable bonds is 5. The van der Waals surface area contributed by atoms with Gasteiger partial charge in [0.05, 0.1) is 6.04 Å². The summed E-state index contributed by atoms with van der Waals surface area (Å²) < 4.78 is 0. The Morgan fingerprint density at radius 3 is 2.80 bits per heavy atom. The van der Waals surface area contributed by atoms with Crippen molar-refractivity contribution in [1.82, 2.24) is 4.98 Å². The van der Waals surface area contributed by atoms with Gasteiger partial charge in [-0.25, -0.2) is 4.98 Å². The number of halogens is 1. The molecule has 3 nitrogen and oxygen atoms in total. The molecule has 106 valence electrons. The van der Waals surface area contributed by atoms with E-state index in [0.717, 1.165) is 23.1 Å². The summed E-state index contributed by atoms with van der Waals surface area (Å²) in [6.45, 7) is 5.09. The molecule has 0 saturated heterocycles. The van der Waals surface area contributed by atoms with Crippen LogP contribution >= 0.6 is 11.6 Å². The molecule has 1 N–H and O–H groups in total. The number of nitrogens with zero attached hydrogens (tertiary/aromatic N) is 2. The highest BCUT2D eigenvalue weighted by atomic mass is 35.5. The minimum atomic E-state index is 0.241. The first-order valence-corrected chi connectivity index (χ1v) is 7.18. The van der Waals surface area contributed by atoms with Crippen LogP contribution in [0.5, 0.6) is 0 Å². The van der Waals surface area contributed by atoms with Crippen molar-refractivity contribution in [3.8, 4) is 0 Å². The zero-order valence-electron chi connectivity index (χ0n) is 12.1. The molecule has 1 aromatic carbocycles. The van der Waals surface area contributed by atoms with Gasteiger partial charge in [0.1, 0.15) is 5.82 Å². The Hall–Kier alpha value is -1.74. The van der Waals surface area contributed by atoms with Crippen LogP contribution in [0.15, 0.2) is 42.6 Å². The van der Waals surface area contributed by atoms with Crippen molar-refractivity contribution in [3.63, 3.8) is 0 Å². The number of nitrogens with one attached hydrogen (secondary N) is 1. The number of benzene rings is 1. The molecule has 0 aliphatic rings. The maximum absolute atomic E-state index is 6.07. The number of hydrogen-bond acceptors (Lipinski definition) is 3. The molecule has 0 radical (unpaired) electrons. The predicted molar refractivity (Wildman–Crippen MR) is 86.7 cm³/mol. The molecule has 0 spiro atoms. The van der Waals surface area contributed by atoms with Crippen LogP contribution in [0, 0.1) is 0 Å². The maximum atomic E-state index is 6.07. The average molecular weight is 290 g/mol. The highest BCUT2D eigenvalue weighted by Crippen LogP contribution is 2.27. The molecule has 1 heterocycles. The maximum Gasteiger partial charge on any atom is 0.127 e. The molecular formula is C16H20ClN3. The lowest BCUT2D eigenvalue weighted by Gasteiger charge is -2.27. The Morgan fingerprint density at radius 2 is 2.10 bits per heavy atom. The van der Waals surface area contributed by atoms with Gasteiger partial charge >= 0.3 is 0 Å². The van der Waals surface area contributed by atoms with E-state index in [4.69, 9.17) is 11.6 Å². The van der Waals surface area contributed by atoms with Crippen LogP contribution in [0.25, 0.3) is 0 Å². The van der Waals surface area contributed by atoms with Crippen molar-refractivity contribution < 1.29 is 0 Å². The Labute approximate surface area is 125 Å². The smallest absolute Gasteiger partial charge is 0.127 e. The Balaban J connectivity index is 2.21. The van der Waals surface area contributed by atoms with Crippen molar-refractivity contribution in [2.45, 2.75) is 19.9 Å². The first kappa shape index (κ1) is 14.7. The quantitative estimate of drug-likeness (QED) is 0.886. The second-order valence-corrected chi connectivity index (χ2v) is 5.21. The number of anilines is 2. The summed E-state index contributed by atoms with van der Waals surface area (Å²) in [7, 11) is 2.08. The molecule has 1 unspecified atom stereocenters. The molecule has 4 heteroatoms. The molecule has 2 aromatic rings. The average Bonchev–Trinajstić information content (AvgIpc) is 2.46. The van der Waals surface area contributed by atoms with E-state index in [1.807, 2.05) is 30.5 Å². The van der Waals surface area contributed by atoms with Crippen molar-refractivity contribution in [3.05, 3.63) is 53.2 Å². The summed E-state index contributed by atoms with van der Waals surface area (Å²) in [5.74, 6) is 0.898. The summed E-state index contributed by atoms with van der Waals surface area (Å²) in [5, 5.41) is 4.00. The van der Waals surface area contributed by atoms with Crippen LogP contribution < -0.4 is 10.2 Å². The minimum Gasteiger partial charge on any atom is -0.370 e. The lowest BCUT2D eigenvalue weighted by atomic mass is 10.1. The van der Waals surface area contributed by atoms with Gasteiger partial charge in [-0.1, -0.05) is 23.7 Å². The van der Waals surface area contributed by atoms with Gasteiger partial charge in [0, 0.05) is 36.6 Å². The van der Waals surface area contributed by atoms with E-state index in [0.29, 0.717) is 0 Å². The normalized spacial score (nSPS) is 12.0. The third-order valence-corrected chi connectivity index (χ3v) is 3.66.